The molecule has 0 radical (unpaired) electrons. The van der Waals surface area contributed by atoms with Crippen LogP contribution in [-0.2, 0) is 25.4 Å². The number of aryl methyl sites for hydroxylation is 3. The maximum Gasteiger partial charge on any atom is 0.332 e. The van der Waals surface area contributed by atoms with Crippen LogP contribution in [0, 0.1) is 13.8 Å². The number of fused-ring (bicyclic) bond motifs is 2. The van der Waals surface area contributed by atoms with E-state index in [-0.39, 0.29) is 36.0 Å². The number of hydrogen-bond donors (Lipinski definition) is 0. The maximum atomic E-state index is 13.5. The molecule has 1 amide bonds. The fourth-order valence-electron chi connectivity index (χ4n) is 3.85. The summed E-state index contributed by atoms with van der Waals surface area (Å²) in [6, 6.07) is 4.15. The van der Waals surface area contributed by atoms with Gasteiger partial charge >= 0.3 is 5.69 Å². The molecule has 12 heteroatoms. The van der Waals surface area contributed by atoms with Crippen molar-refractivity contribution in [1.29, 1.82) is 0 Å². The number of likely N-dealkylation sites (N-methyl/N-ethyl adjacent to an activating group) is 1. The van der Waals surface area contributed by atoms with Crippen LogP contribution in [-0.4, -0.2) is 61.7 Å². The third-order valence-electron chi connectivity index (χ3n) is 5.64. The maximum absolute atomic E-state index is 13.5. The van der Waals surface area contributed by atoms with Gasteiger partial charge in [-0.05, 0) is 45.1 Å². The zero-order valence-electron chi connectivity index (χ0n) is 20.0. The summed E-state index contributed by atoms with van der Waals surface area (Å²) in [5.41, 5.74) is 2.63. The largest absolute Gasteiger partial charge is 0.332 e. The minimum Gasteiger partial charge on any atom is -0.315 e. The van der Waals surface area contributed by atoms with Crippen LogP contribution >= 0.6 is 23.7 Å². The van der Waals surface area contributed by atoms with Crippen LogP contribution in [0.15, 0.2) is 28.0 Å². The molecule has 0 unspecified atom stereocenters. The zero-order chi connectivity index (χ0) is 24.0. The average Bonchev–Trinajstić information content (AvgIpc) is 3.35. The van der Waals surface area contributed by atoms with Crippen LogP contribution in [0.4, 0.5) is 5.13 Å². The van der Waals surface area contributed by atoms with E-state index in [1.54, 1.807) is 11.9 Å². The second-order valence-corrected chi connectivity index (χ2v) is 9.53. The molecule has 0 N–H and O–H groups in total. The summed E-state index contributed by atoms with van der Waals surface area (Å²) in [4.78, 5) is 51.1. The van der Waals surface area contributed by atoms with Crippen LogP contribution in [0.25, 0.3) is 21.4 Å². The summed E-state index contributed by atoms with van der Waals surface area (Å²) in [7, 11) is 6.86. The Morgan fingerprint density at radius 2 is 1.79 bits per heavy atom. The standard InChI is InChI=1S/C22H27N7O3S.ClH/c1-13-9-14(2)17-15(10-13)33-21(24-17)29(8-7-25(3)4)16(30)11-28-12-23-19-18(28)20(31)27(6)22(32)26(19)5;/h9-10,12H,7-8,11H2,1-6H3;1H. The van der Waals surface area contributed by atoms with Crippen molar-refractivity contribution in [3.63, 3.8) is 0 Å². The molecule has 3 aromatic heterocycles. The quantitative estimate of drug-likeness (QED) is 0.395. The van der Waals surface area contributed by atoms with Gasteiger partial charge in [0.2, 0.25) is 5.91 Å². The van der Waals surface area contributed by atoms with Crippen molar-refractivity contribution in [3.05, 3.63) is 50.4 Å². The topological polar surface area (TPSA) is 98.3 Å². The van der Waals surface area contributed by atoms with Crippen LogP contribution in [0.2, 0.25) is 0 Å². The Kier molecular flexibility index (Phi) is 7.29. The Balaban J connectivity index is 0.00000324. The number of aromatic nitrogens is 5. The highest BCUT2D eigenvalue weighted by molar-refractivity contribution is 7.22. The van der Waals surface area contributed by atoms with E-state index in [4.69, 9.17) is 4.98 Å². The summed E-state index contributed by atoms with van der Waals surface area (Å²) in [6.07, 6.45) is 1.43. The monoisotopic (exact) mass is 505 g/mol. The number of amides is 1. The lowest BCUT2D eigenvalue weighted by atomic mass is 10.1. The number of halogens is 1. The highest BCUT2D eigenvalue weighted by atomic mass is 35.5. The summed E-state index contributed by atoms with van der Waals surface area (Å²) >= 11 is 1.48. The molecular formula is C22H28ClN7O3S. The van der Waals surface area contributed by atoms with Gasteiger partial charge in [0.25, 0.3) is 5.56 Å². The molecule has 34 heavy (non-hydrogen) atoms. The van der Waals surface area contributed by atoms with Gasteiger partial charge in [0.15, 0.2) is 16.3 Å². The molecule has 0 aliphatic heterocycles. The van der Waals surface area contributed by atoms with E-state index in [1.807, 2.05) is 32.8 Å². The van der Waals surface area contributed by atoms with Crippen LogP contribution in [0.3, 0.4) is 0 Å². The van der Waals surface area contributed by atoms with Gasteiger partial charge in [-0.25, -0.2) is 14.8 Å². The molecule has 0 fully saturated rings. The first-order valence-electron chi connectivity index (χ1n) is 10.5. The van der Waals surface area contributed by atoms with Gasteiger partial charge in [-0.2, -0.15) is 0 Å². The molecule has 4 aromatic rings. The van der Waals surface area contributed by atoms with Crippen molar-refractivity contribution >= 4 is 56.2 Å². The van der Waals surface area contributed by atoms with E-state index in [0.717, 1.165) is 25.9 Å². The number of thiazole rings is 1. The van der Waals surface area contributed by atoms with E-state index in [2.05, 4.69) is 17.1 Å². The molecule has 4 rings (SSSR count). The molecule has 0 saturated heterocycles. The van der Waals surface area contributed by atoms with E-state index >= 15 is 0 Å². The Morgan fingerprint density at radius 3 is 2.47 bits per heavy atom. The number of imidazole rings is 1. The lowest BCUT2D eigenvalue weighted by Crippen LogP contribution is -2.40. The van der Waals surface area contributed by atoms with E-state index in [1.165, 1.54) is 33.8 Å². The first-order valence-corrected chi connectivity index (χ1v) is 11.3. The van der Waals surface area contributed by atoms with Gasteiger partial charge in [0.05, 0.1) is 16.5 Å². The molecule has 10 nitrogen and oxygen atoms in total. The highest BCUT2D eigenvalue weighted by Crippen LogP contribution is 2.32. The van der Waals surface area contributed by atoms with Gasteiger partial charge in [-0.3, -0.25) is 23.6 Å². The minimum absolute atomic E-state index is 0. The van der Waals surface area contributed by atoms with Crippen LogP contribution in [0.5, 0.6) is 0 Å². The van der Waals surface area contributed by atoms with Gasteiger partial charge in [-0.1, -0.05) is 17.4 Å². The van der Waals surface area contributed by atoms with Crippen molar-refractivity contribution in [2.24, 2.45) is 14.1 Å². The number of hydrogen-bond acceptors (Lipinski definition) is 7. The van der Waals surface area contributed by atoms with Crippen molar-refractivity contribution in [2.75, 3.05) is 32.1 Å². The molecule has 0 aliphatic carbocycles. The fraction of sp³-hybridized carbons (Fsp3) is 0.409. The Labute approximate surface area is 206 Å². The first kappa shape index (κ1) is 25.6. The average molecular weight is 506 g/mol. The van der Waals surface area contributed by atoms with E-state index in [9.17, 15) is 14.4 Å². The summed E-state index contributed by atoms with van der Waals surface area (Å²) in [6.45, 7) is 5.07. The van der Waals surface area contributed by atoms with Crippen molar-refractivity contribution in [1.82, 2.24) is 28.6 Å². The smallest absolute Gasteiger partial charge is 0.315 e. The van der Waals surface area contributed by atoms with Gasteiger partial charge in [-0.15, -0.1) is 12.4 Å². The number of anilines is 1. The first-order chi connectivity index (χ1) is 15.6. The second-order valence-electron chi connectivity index (χ2n) is 8.52. The molecule has 0 aliphatic rings. The minimum atomic E-state index is -0.482. The summed E-state index contributed by atoms with van der Waals surface area (Å²) < 4.78 is 4.86. The van der Waals surface area contributed by atoms with Gasteiger partial charge < -0.3 is 9.47 Å². The number of rotatable bonds is 6. The molecule has 0 saturated carbocycles. The Bertz CT molecular complexity index is 1500. The van der Waals surface area contributed by atoms with E-state index < -0.39 is 11.2 Å². The second kappa shape index (κ2) is 9.69. The highest BCUT2D eigenvalue weighted by Gasteiger charge is 2.23. The van der Waals surface area contributed by atoms with Crippen LogP contribution < -0.4 is 16.1 Å². The third-order valence-corrected chi connectivity index (χ3v) is 6.67. The molecule has 3 heterocycles. The third kappa shape index (κ3) is 4.50. The molecule has 0 bridgehead atoms. The summed E-state index contributed by atoms with van der Waals surface area (Å²) in [5.74, 6) is -0.208. The molecular weight excluding hydrogens is 478 g/mol. The Morgan fingerprint density at radius 1 is 1.09 bits per heavy atom. The van der Waals surface area contributed by atoms with Gasteiger partial charge in [0.1, 0.15) is 6.54 Å². The summed E-state index contributed by atoms with van der Waals surface area (Å²) in [5, 5.41) is 0.621. The SMILES string of the molecule is Cc1cc(C)c2nc(N(CCN(C)C)C(=O)Cn3cnc4c3c(=O)n(C)c(=O)n4C)sc2c1.Cl. The number of carbonyl (C=O) groups is 1. The molecule has 0 atom stereocenters. The number of carbonyl (C=O) groups excluding carboxylic acids is 1. The zero-order valence-corrected chi connectivity index (χ0v) is 21.7. The lowest BCUT2D eigenvalue weighted by molar-refractivity contribution is -0.119. The lowest BCUT2D eigenvalue weighted by Gasteiger charge is -2.22. The molecule has 0 spiro atoms. The van der Waals surface area contributed by atoms with Crippen molar-refractivity contribution in [3.8, 4) is 0 Å². The normalized spacial score (nSPS) is 11.4. The predicted molar refractivity (Wildman–Crippen MR) is 137 cm³/mol. The molecule has 182 valence electrons. The number of benzene rings is 1. The predicted octanol–water partition coefficient (Wildman–Crippen LogP) is 1.68. The molecule has 1 aromatic carbocycles. The fourth-order valence-corrected chi connectivity index (χ4v) is 5.03. The van der Waals surface area contributed by atoms with Crippen molar-refractivity contribution < 1.29 is 4.79 Å². The Hall–Kier alpha value is -3.02. The van der Waals surface area contributed by atoms with Crippen LogP contribution in [0.1, 0.15) is 11.1 Å². The van der Waals surface area contributed by atoms with Crippen molar-refractivity contribution in [2.45, 2.75) is 20.4 Å². The van der Waals surface area contributed by atoms with E-state index in [0.29, 0.717) is 18.2 Å². The number of nitrogens with zero attached hydrogens (tertiary/aromatic N) is 7. The van der Waals surface area contributed by atoms with Gasteiger partial charge in [0, 0.05) is 27.2 Å².